The number of rotatable bonds is 6. The molecule has 1 aromatic rings. The molecule has 1 rings (SSSR count). The van der Waals surface area contributed by atoms with Crippen molar-refractivity contribution in [1.82, 2.24) is 0 Å². The maximum atomic E-state index is 12.2. The second kappa shape index (κ2) is 5.64. The summed E-state index contributed by atoms with van der Waals surface area (Å²) in [6, 6.07) is 5.52. The molecule has 0 bridgehead atoms. The summed E-state index contributed by atoms with van der Waals surface area (Å²) in [5, 5.41) is 0. The van der Waals surface area contributed by atoms with Gasteiger partial charge in [0.1, 0.15) is 24.7 Å². The molecule has 8 heteroatoms. The third-order valence-electron chi connectivity index (χ3n) is 1.47. The Morgan fingerprint density at radius 3 is 2.56 bits per heavy atom. The van der Waals surface area contributed by atoms with Crippen molar-refractivity contribution in [2.24, 2.45) is 5.90 Å². The molecule has 0 aliphatic heterocycles. The molecule has 0 spiro atoms. The lowest BCUT2D eigenvalue weighted by Crippen LogP contribution is -2.10. The van der Waals surface area contributed by atoms with Gasteiger partial charge in [-0.15, -0.1) is 0 Å². The van der Waals surface area contributed by atoms with Crippen LogP contribution >= 0.6 is 0 Å². The van der Waals surface area contributed by atoms with Crippen LogP contribution in [0.15, 0.2) is 24.3 Å². The van der Waals surface area contributed by atoms with Gasteiger partial charge in [0, 0.05) is 6.07 Å². The number of hydrogen-bond donors (Lipinski definition) is 1. The van der Waals surface area contributed by atoms with Crippen molar-refractivity contribution in [3.8, 4) is 11.5 Å². The predicted octanol–water partition coefficient (Wildman–Crippen LogP) is 0.549. The molecule has 0 fully saturated rings. The minimum atomic E-state index is -5.02. The number of benzene rings is 1. The summed E-state index contributed by atoms with van der Waals surface area (Å²) in [6.45, 7) is 0.356. The second-order valence-electron chi connectivity index (χ2n) is 2.67. The van der Waals surface area contributed by atoms with E-state index in [-0.39, 0.29) is 19.0 Å². The minimum Gasteiger partial charge on any atom is -0.491 e. The van der Waals surface area contributed by atoms with E-state index in [1.165, 1.54) is 18.2 Å². The molecular weight excluding hydrogens is 241 g/mol. The SMILES string of the molecule is NOCCOc1cccc(OS(=O)(=O)F)c1. The average Bonchev–Trinajstić information content (AvgIpc) is 2.16. The van der Waals surface area contributed by atoms with E-state index in [1.54, 1.807) is 6.07 Å². The topological polar surface area (TPSA) is 87.8 Å². The van der Waals surface area contributed by atoms with Crippen molar-refractivity contribution in [2.45, 2.75) is 0 Å². The maximum Gasteiger partial charge on any atom is 0.488 e. The highest BCUT2D eigenvalue weighted by Gasteiger charge is 2.09. The lowest BCUT2D eigenvalue weighted by atomic mass is 10.3. The van der Waals surface area contributed by atoms with Crippen molar-refractivity contribution in [3.05, 3.63) is 24.3 Å². The molecule has 0 aliphatic rings. The van der Waals surface area contributed by atoms with E-state index < -0.39 is 10.5 Å². The van der Waals surface area contributed by atoms with Gasteiger partial charge in [0.15, 0.2) is 0 Å². The monoisotopic (exact) mass is 251 g/mol. The summed E-state index contributed by atoms with van der Waals surface area (Å²) >= 11 is 0. The minimum absolute atomic E-state index is 0.173. The first-order valence-corrected chi connectivity index (χ1v) is 5.51. The van der Waals surface area contributed by atoms with E-state index in [9.17, 15) is 12.3 Å². The fourth-order valence-corrected chi connectivity index (χ4v) is 1.27. The molecule has 0 radical (unpaired) electrons. The van der Waals surface area contributed by atoms with E-state index in [0.29, 0.717) is 5.75 Å². The predicted molar refractivity (Wildman–Crippen MR) is 52.7 cm³/mol. The molecule has 0 aliphatic carbocycles. The molecule has 16 heavy (non-hydrogen) atoms. The van der Waals surface area contributed by atoms with Crippen LogP contribution in [-0.4, -0.2) is 21.6 Å². The zero-order valence-electron chi connectivity index (χ0n) is 8.13. The Bertz CT molecular complexity index is 436. The van der Waals surface area contributed by atoms with Crippen LogP contribution in [0.5, 0.6) is 11.5 Å². The fraction of sp³-hybridized carbons (Fsp3) is 0.250. The van der Waals surface area contributed by atoms with Gasteiger partial charge in [0.25, 0.3) is 0 Å². The lowest BCUT2D eigenvalue weighted by molar-refractivity contribution is 0.102. The van der Waals surface area contributed by atoms with E-state index in [4.69, 9.17) is 10.6 Å². The highest BCUT2D eigenvalue weighted by molar-refractivity contribution is 7.81. The highest BCUT2D eigenvalue weighted by atomic mass is 32.3. The Balaban J connectivity index is 2.64. The third kappa shape index (κ3) is 4.91. The summed E-state index contributed by atoms with van der Waals surface area (Å²) in [6.07, 6.45) is 0. The molecule has 0 atom stereocenters. The first kappa shape index (κ1) is 12.7. The van der Waals surface area contributed by atoms with Crippen LogP contribution in [0.3, 0.4) is 0 Å². The number of ether oxygens (including phenoxy) is 1. The standard InChI is InChI=1S/C8H10FNO5S/c9-16(11,12)15-8-3-1-2-7(6-8)13-4-5-14-10/h1-3,6H,4-5,10H2. The van der Waals surface area contributed by atoms with Gasteiger partial charge >= 0.3 is 10.5 Å². The number of nitrogens with two attached hydrogens (primary N) is 1. The summed E-state index contributed by atoms with van der Waals surface area (Å²) in [4.78, 5) is 4.26. The molecule has 0 unspecified atom stereocenters. The maximum absolute atomic E-state index is 12.2. The first-order chi connectivity index (χ1) is 7.51. The highest BCUT2D eigenvalue weighted by Crippen LogP contribution is 2.20. The molecule has 0 saturated heterocycles. The Kier molecular flexibility index (Phi) is 4.47. The van der Waals surface area contributed by atoms with Crippen molar-refractivity contribution < 1.29 is 26.1 Å². The zero-order chi connectivity index (χ0) is 12.0. The first-order valence-electron chi connectivity index (χ1n) is 4.20. The molecule has 90 valence electrons. The summed E-state index contributed by atoms with van der Waals surface area (Å²) < 4.78 is 41.7. The lowest BCUT2D eigenvalue weighted by Gasteiger charge is -2.06. The van der Waals surface area contributed by atoms with Gasteiger partial charge in [-0.3, -0.25) is 0 Å². The largest absolute Gasteiger partial charge is 0.491 e. The van der Waals surface area contributed by atoms with Crippen LogP contribution in [0.1, 0.15) is 0 Å². The van der Waals surface area contributed by atoms with Gasteiger partial charge in [-0.1, -0.05) is 9.95 Å². The van der Waals surface area contributed by atoms with Crippen LogP contribution in [0.25, 0.3) is 0 Å². The van der Waals surface area contributed by atoms with E-state index in [2.05, 4.69) is 9.02 Å². The van der Waals surface area contributed by atoms with Gasteiger partial charge in [-0.05, 0) is 12.1 Å². The van der Waals surface area contributed by atoms with E-state index in [0.717, 1.165) is 0 Å². The van der Waals surface area contributed by atoms with Crippen molar-refractivity contribution in [3.63, 3.8) is 0 Å². The van der Waals surface area contributed by atoms with Gasteiger partial charge in [-0.25, -0.2) is 5.90 Å². The van der Waals surface area contributed by atoms with Crippen LogP contribution in [0.2, 0.25) is 0 Å². The van der Waals surface area contributed by atoms with Crippen LogP contribution in [-0.2, 0) is 15.3 Å². The van der Waals surface area contributed by atoms with Crippen LogP contribution in [0, 0.1) is 0 Å². The number of halogens is 1. The molecule has 1 aromatic carbocycles. The van der Waals surface area contributed by atoms with Crippen molar-refractivity contribution in [2.75, 3.05) is 13.2 Å². The summed E-state index contributed by atoms with van der Waals surface area (Å²) in [7, 11) is -5.02. The average molecular weight is 251 g/mol. The number of hydrogen-bond acceptors (Lipinski definition) is 6. The smallest absolute Gasteiger partial charge is 0.488 e. The second-order valence-corrected chi connectivity index (χ2v) is 3.62. The molecule has 0 heterocycles. The van der Waals surface area contributed by atoms with Crippen LogP contribution in [0.4, 0.5) is 3.89 Å². The molecular formula is C8H10FNO5S. The van der Waals surface area contributed by atoms with Crippen molar-refractivity contribution >= 4 is 10.5 Å². The summed E-state index contributed by atoms with van der Waals surface area (Å²) in [5.74, 6) is 4.92. The Hall–Kier alpha value is -1.38. The van der Waals surface area contributed by atoms with E-state index in [1.807, 2.05) is 0 Å². The van der Waals surface area contributed by atoms with Crippen molar-refractivity contribution in [1.29, 1.82) is 0 Å². The van der Waals surface area contributed by atoms with E-state index >= 15 is 0 Å². The quantitative estimate of drug-likeness (QED) is 0.451. The molecule has 6 nitrogen and oxygen atoms in total. The molecule has 2 N–H and O–H groups in total. The Morgan fingerprint density at radius 2 is 1.94 bits per heavy atom. The molecule has 0 amide bonds. The van der Waals surface area contributed by atoms with Gasteiger partial charge in [0.05, 0.1) is 0 Å². The van der Waals surface area contributed by atoms with Gasteiger partial charge in [-0.2, -0.15) is 8.42 Å². The van der Waals surface area contributed by atoms with Crippen LogP contribution < -0.4 is 14.8 Å². The zero-order valence-corrected chi connectivity index (χ0v) is 8.94. The molecule has 0 saturated carbocycles. The Labute approximate surface area is 92.1 Å². The Morgan fingerprint density at radius 1 is 1.25 bits per heavy atom. The normalized spacial score (nSPS) is 11.1. The summed E-state index contributed by atoms with van der Waals surface area (Å²) in [5.41, 5.74) is 0. The van der Waals surface area contributed by atoms with Gasteiger partial charge in [0.2, 0.25) is 0 Å². The van der Waals surface area contributed by atoms with Gasteiger partial charge < -0.3 is 13.8 Å². The fourth-order valence-electron chi connectivity index (χ4n) is 0.938. The third-order valence-corrected chi connectivity index (χ3v) is 1.86. The molecule has 0 aromatic heterocycles.